The van der Waals surface area contributed by atoms with Crippen molar-refractivity contribution >= 4 is 17.3 Å². The van der Waals surface area contributed by atoms with E-state index in [0.717, 1.165) is 25.7 Å². The smallest absolute Gasteiger partial charge is 0.327 e. The van der Waals surface area contributed by atoms with E-state index in [1.54, 1.807) is 0 Å². The molecular formula is C10H19NO4S. The fourth-order valence-corrected chi connectivity index (χ4v) is 2.75. The van der Waals surface area contributed by atoms with E-state index in [1.807, 2.05) is 0 Å². The molecule has 2 N–H and O–H groups in total. The van der Waals surface area contributed by atoms with E-state index in [9.17, 15) is 9.35 Å². The normalized spacial score (nSPS) is 30.2. The summed E-state index contributed by atoms with van der Waals surface area (Å²) in [4.78, 5) is 10.6. The van der Waals surface area contributed by atoms with Gasteiger partial charge in [-0.25, -0.2) is 0 Å². The molecule has 0 aromatic rings. The van der Waals surface area contributed by atoms with Crippen LogP contribution in [0.15, 0.2) is 0 Å². The van der Waals surface area contributed by atoms with Gasteiger partial charge in [0.05, 0.1) is 18.0 Å². The number of rotatable bonds is 6. The highest BCUT2D eigenvalue weighted by atomic mass is 32.2. The Bertz CT molecular complexity index is 227. The van der Waals surface area contributed by atoms with Crippen molar-refractivity contribution in [3.63, 3.8) is 0 Å². The van der Waals surface area contributed by atoms with Crippen LogP contribution in [-0.2, 0) is 20.9 Å². The van der Waals surface area contributed by atoms with Crippen molar-refractivity contribution in [3.8, 4) is 0 Å². The number of carboxylic acid groups (broad SMARTS) is 1. The molecule has 1 rings (SSSR count). The van der Waals surface area contributed by atoms with E-state index in [1.165, 1.54) is 6.42 Å². The first-order chi connectivity index (χ1) is 7.65. The highest BCUT2D eigenvalue weighted by Gasteiger charge is 2.36. The maximum Gasteiger partial charge on any atom is 0.327 e. The molecule has 0 aliphatic carbocycles. The Hall–Kier alpha value is -0.300. The number of ether oxygens (including phenoxy) is 1. The van der Waals surface area contributed by atoms with Crippen LogP contribution in [-0.4, -0.2) is 33.7 Å². The first-order valence-electron chi connectivity index (χ1n) is 5.66. The Morgan fingerprint density at radius 1 is 1.56 bits per heavy atom. The minimum absolute atomic E-state index is 0.0967. The van der Waals surface area contributed by atoms with Crippen molar-refractivity contribution in [2.24, 2.45) is 0 Å². The summed E-state index contributed by atoms with van der Waals surface area (Å²) in [6, 6.07) is -0.840. The molecule has 16 heavy (non-hydrogen) atoms. The number of carboxylic acids is 1. The second-order valence-corrected chi connectivity index (χ2v) is 5.27. The SMILES string of the molecule is CCCCCCC1OCC(C(=O)O)N[S+]1[O-]. The first kappa shape index (κ1) is 13.8. The lowest BCUT2D eigenvalue weighted by molar-refractivity contribution is -0.141. The van der Waals surface area contributed by atoms with Gasteiger partial charge in [0.1, 0.15) is 0 Å². The van der Waals surface area contributed by atoms with Crippen LogP contribution in [0.2, 0.25) is 0 Å². The molecule has 3 unspecified atom stereocenters. The van der Waals surface area contributed by atoms with Gasteiger partial charge in [0.25, 0.3) is 0 Å². The average molecular weight is 249 g/mol. The van der Waals surface area contributed by atoms with Crippen LogP contribution >= 0.6 is 0 Å². The molecular weight excluding hydrogens is 230 g/mol. The molecule has 1 fully saturated rings. The summed E-state index contributed by atoms with van der Waals surface area (Å²) in [5.41, 5.74) is -0.354. The van der Waals surface area contributed by atoms with Gasteiger partial charge >= 0.3 is 5.97 Å². The standard InChI is InChI=1S/C10H19NO4S/c1-2-3-4-5-6-9-15-7-8(10(12)13)11-16(9)14/h8-9,11H,2-7H2,1H3,(H,12,13). The van der Waals surface area contributed by atoms with Crippen molar-refractivity contribution in [3.05, 3.63) is 0 Å². The molecule has 1 saturated heterocycles. The Morgan fingerprint density at radius 2 is 2.31 bits per heavy atom. The summed E-state index contributed by atoms with van der Waals surface area (Å²) in [6.07, 6.45) is 5.14. The molecule has 0 amide bonds. The zero-order valence-electron chi connectivity index (χ0n) is 9.48. The van der Waals surface area contributed by atoms with Gasteiger partial charge in [0.15, 0.2) is 6.04 Å². The third-order valence-electron chi connectivity index (χ3n) is 2.54. The maximum absolute atomic E-state index is 11.6. The fraction of sp³-hybridized carbons (Fsp3) is 0.900. The van der Waals surface area contributed by atoms with Crippen LogP contribution in [0.25, 0.3) is 0 Å². The van der Waals surface area contributed by atoms with Crippen molar-refractivity contribution < 1.29 is 19.2 Å². The van der Waals surface area contributed by atoms with E-state index >= 15 is 0 Å². The third-order valence-corrected chi connectivity index (χ3v) is 3.90. The minimum atomic E-state index is -1.39. The van der Waals surface area contributed by atoms with E-state index in [4.69, 9.17) is 9.84 Å². The predicted octanol–water partition coefficient (Wildman–Crippen LogP) is 1.02. The molecule has 0 aromatic heterocycles. The molecule has 0 aromatic carbocycles. The zero-order valence-corrected chi connectivity index (χ0v) is 10.3. The number of unbranched alkanes of at least 4 members (excludes halogenated alkanes) is 3. The van der Waals surface area contributed by atoms with Gasteiger partial charge in [0.2, 0.25) is 5.44 Å². The van der Waals surface area contributed by atoms with Gasteiger partial charge in [-0.1, -0.05) is 26.2 Å². The number of carbonyl (C=O) groups is 1. The number of hydrogen-bond donors (Lipinski definition) is 2. The third kappa shape index (κ3) is 4.29. The second-order valence-electron chi connectivity index (χ2n) is 3.92. The first-order valence-corrected chi connectivity index (χ1v) is 6.87. The molecule has 5 nitrogen and oxygen atoms in total. The molecule has 6 heteroatoms. The monoisotopic (exact) mass is 249 g/mol. The lowest BCUT2D eigenvalue weighted by atomic mass is 10.2. The quantitative estimate of drug-likeness (QED) is 0.542. The van der Waals surface area contributed by atoms with Gasteiger partial charge in [0, 0.05) is 6.42 Å². The van der Waals surface area contributed by atoms with Crippen molar-refractivity contribution in [2.75, 3.05) is 6.61 Å². The Morgan fingerprint density at radius 3 is 2.88 bits per heavy atom. The topological polar surface area (TPSA) is 81.6 Å². The largest absolute Gasteiger partial charge is 0.596 e. The number of aliphatic carboxylic acids is 1. The van der Waals surface area contributed by atoms with Crippen LogP contribution in [0, 0.1) is 0 Å². The van der Waals surface area contributed by atoms with E-state index in [-0.39, 0.29) is 12.0 Å². The average Bonchev–Trinajstić information content (AvgIpc) is 2.26. The highest BCUT2D eigenvalue weighted by molar-refractivity contribution is 7.90. The molecule has 0 saturated carbocycles. The van der Waals surface area contributed by atoms with Crippen molar-refractivity contribution in [1.82, 2.24) is 4.72 Å². The summed E-state index contributed by atoms with van der Waals surface area (Å²) in [6.45, 7) is 2.23. The van der Waals surface area contributed by atoms with E-state index in [0.29, 0.717) is 0 Å². The van der Waals surface area contributed by atoms with Crippen LogP contribution in [0.1, 0.15) is 39.0 Å². The molecule has 1 aliphatic rings. The molecule has 0 bridgehead atoms. The maximum atomic E-state index is 11.6. The lowest BCUT2D eigenvalue weighted by Gasteiger charge is -2.29. The van der Waals surface area contributed by atoms with E-state index < -0.39 is 23.4 Å². The van der Waals surface area contributed by atoms with Crippen molar-refractivity contribution in [2.45, 2.75) is 50.5 Å². The minimum Gasteiger partial charge on any atom is -0.596 e. The summed E-state index contributed by atoms with van der Waals surface area (Å²) < 4.78 is 19.4. The van der Waals surface area contributed by atoms with Crippen LogP contribution in [0.5, 0.6) is 0 Å². The molecule has 0 radical (unpaired) electrons. The van der Waals surface area contributed by atoms with Gasteiger partial charge in [-0.2, -0.15) is 0 Å². The number of hydrogen-bond acceptors (Lipinski definition) is 4. The van der Waals surface area contributed by atoms with Crippen LogP contribution < -0.4 is 4.72 Å². The summed E-state index contributed by atoms with van der Waals surface area (Å²) in [5.74, 6) is -1.02. The molecule has 94 valence electrons. The molecule has 3 atom stereocenters. The Balaban J connectivity index is 2.22. The van der Waals surface area contributed by atoms with Crippen LogP contribution in [0.3, 0.4) is 0 Å². The van der Waals surface area contributed by atoms with Crippen molar-refractivity contribution in [1.29, 1.82) is 0 Å². The summed E-state index contributed by atoms with van der Waals surface area (Å²) in [7, 11) is 0. The Kier molecular flexibility index (Phi) is 6.12. The molecule has 1 aliphatic heterocycles. The zero-order chi connectivity index (χ0) is 12.0. The second kappa shape index (κ2) is 7.11. The van der Waals surface area contributed by atoms with Crippen LogP contribution in [0.4, 0.5) is 0 Å². The van der Waals surface area contributed by atoms with E-state index in [2.05, 4.69) is 11.6 Å². The summed E-state index contributed by atoms with van der Waals surface area (Å²) in [5, 5.41) is 8.71. The molecule has 1 heterocycles. The highest BCUT2D eigenvalue weighted by Crippen LogP contribution is 2.17. The van der Waals surface area contributed by atoms with Gasteiger partial charge in [-0.15, -0.1) is 4.72 Å². The lowest BCUT2D eigenvalue weighted by Crippen LogP contribution is -2.53. The molecule has 0 spiro atoms. The summed E-state index contributed by atoms with van der Waals surface area (Å²) >= 11 is -1.39. The fourth-order valence-electron chi connectivity index (χ4n) is 1.57. The predicted molar refractivity (Wildman–Crippen MR) is 61.2 cm³/mol. The number of nitrogens with one attached hydrogen (secondary N) is 1. The van der Waals surface area contributed by atoms with Gasteiger partial charge in [-0.3, -0.25) is 4.79 Å². The van der Waals surface area contributed by atoms with Gasteiger partial charge < -0.3 is 14.4 Å². The van der Waals surface area contributed by atoms with Gasteiger partial charge in [-0.05, 0) is 6.42 Å². The Labute approximate surface area is 98.9 Å².